The monoisotopic (exact) mass is 404 g/mol. The number of nitrogens with zero attached hydrogens (tertiary/aromatic N) is 1. The Balaban J connectivity index is 2.06. The first kappa shape index (κ1) is 21.6. The zero-order chi connectivity index (χ0) is 20.5. The van der Waals surface area contributed by atoms with Crippen molar-refractivity contribution in [1.82, 2.24) is 4.98 Å². The van der Waals surface area contributed by atoms with Gasteiger partial charge in [0.05, 0.1) is 16.9 Å². The molecule has 7 N–H and O–H groups in total. The molecule has 2 aromatic rings. The summed E-state index contributed by atoms with van der Waals surface area (Å²) in [6.07, 6.45) is 4.30. The third kappa shape index (κ3) is 6.50. The smallest absolute Gasteiger partial charge is 0.259 e. The number of nitrogens with one attached hydrogen (secondary N) is 3. The molecule has 0 radical (unpaired) electrons. The summed E-state index contributed by atoms with van der Waals surface area (Å²) in [5.74, 6) is -0.604. The van der Waals surface area contributed by atoms with Gasteiger partial charge in [0.15, 0.2) is 5.13 Å². The summed E-state index contributed by atoms with van der Waals surface area (Å²) in [6.45, 7) is 4.72. The molecule has 0 fully saturated rings. The third-order valence-corrected chi connectivity index (χ3v) is 4.99. The van der Waals surface area contributed by atoms with Gasteiger partial charge in [-0.2, -0.15) is 0 Å². The number of unbranched alkanes of at least 4 members (excludes halogenated alkanes) is 3. The van der Waals surface area contributed by atoms with Crippen molar-refractivity contribution in [2.45, 2.75) is 39.5 Å². The van der Waals surface area contributed by atoms with E-state index in [0.29, 0.717) is 27.1 Å². The first-order valence-electron chi connectivity index (χ1n) is 9.30. The zero-order valence-electron chi connectivity index (χ0n) is 16.3. The van der Waals surface area contributed by atoms with Gasteiger partial charge in [0.25, 0.3) is 5.91 Å². The van der Waals surface area contributed by atoms with Crippen molar-refractivity contribution >= 4 is 44.7 Å². The first-order valence-corrected chi connectivity index (χ1v) is 10.1. The van der Waals surface area contributed by atoms with Gasteiger partial charge in [0.1, 0.15) is 5.00 Å². The van der Waals surface area contributed by atoms with E-state index in [-0.39, 0.29) is 11.8 Å². The van der Waals surface area contributed by atoms with E-state index in [4.69, 9.17) is 11.5 Å². The molecule has 0 spiro atoms. The van der Waals surface area contributed by atoms with E-state index < -0.39 is 0 Å². The number of carbonyl (C=O) groups is 2. The van der Waals surface area contributed by atoms with Crippen LogP contribution in [0.15, 0.2) is 18.2 Å². The molecule has 2 amide bonds. The Morgan fingerprint density at radius 2 is 1.89 bits per heavy atom. The van der Waals surface area contributed by atoms with Crippen molar-refractivity contribution in [2.24, 2.45) is 5.73 Å². The second-order valence-electron chi connectivity index (χ2n) is 6.49. The molecule has 8 nitrogen and oxygen atoms in total. The standard InChI is InChI=1S/C19H28N6O2S/c1-12-17(21)28-19(23-12)25-18(27)15-8-7-14(11-16(15)24-13(2)26)22-10-6-4-3-5-9-20/h7-8,11,22H,3-6,9-10,20-21H2,1-2H3,(H,24,26)(H,23,25,27). The fourth-order valence-electron chi connectivity index (χ4n) is 2.63. The summed E-state index contributed by atoms with van der Waals surface area (Å²) in [5, 5.41) is 9.76. The van der Waals surface area contributed by atoms with Gasteiger partial charge in [-0.1, -0.05) is 24.2 Å². The molecule has 28 heavy (non-hydrogen) atoms. The number of benzene rings is 1. The Kier molecular flexibility index (Phi) is 8.21. The van der Waals surface area contributed by atoms with Crippen LogP contribution < -0.4 is 27.4 Å². The maximum atomic E-state index is 12.6. The Bertz CT molecular complexity index is 801. The topological polar surface area (TPSA) is 135 Å². The van der Waals surface area contributed by atoms with Gasteiger partial charge >= 0.3 is 0 Å². The molecule has 1 aromatic heterocycles. The first-order chi connectivity index (χ1) is 13.4. The summed E-state index contributed by atoms with van der Waals surface area (Å²) in [5.41, 5.74) is 13.6. The minimum Gasteiger partial charge on any atom is -0.389 e. The number of aromatic nitrogens is 1. The summed E-state index contributed by atoms with van der Waals surface area (Å²) >= 11 is 1.21. The predicted molar refractivity (Wildman–Crippen MR) is 116 cm³/mol. The lowest BCUT2D eigenvalue weighted by atomic mass is 10.1. The molecule has 1 heterocycles. The fourth-order valence-corrected chi connectivity index (χ4v) is 3.36. The summed E-state index contributed by atoms with van der Waals surface area (Å²) in [7, 11) is 0. The van der Waals surface area contributed by atoms with Crippen LogP contribution in [0.1, 0.15) is 48.7 Å². The molecule has 0 aliphatic rings. The largest absolute Gasteiger partial charge is 0.389 e. The predicted octanol–water partition coefficient (Wildman–Crippen LogP) is 3.18. The van der Waals surface area contributed by atoms with Gasteiger partial charge in [-0.25, -0.2) is 4.98 Å². The van der Waals surface area contributed by atoms with E-state index >= 15 is 0 Å². The van der Waals surface area contributed by atoms with Crippen LogP contribution in [0.5, 0.6) is 0 Å². The number of nitrogen functional groups attached to an aromatic ring is 1. The lowest BCUT2D eigenvalue weighted by Gasteiger charge is -2.13. The highest BCUT2D eigenvalue weighted by Crippen LogP contribution is 2.27. The number of hydrogen-bond donors (Lipinski definition) is 5. The zero-order valence-corrected chi connectivity index (χ0v) is 17.1. The van der Waals surface area contributed by atoms with E-state index in [1.807, 2.05) is 6.07 Å². The van der Waals surface area contributed by atoms with Gasteiger partial charge in [0.2, 0.25) is 5.91 Å². The molecule has 0 saturated carbocycles. The van der Waals surface area contributed by atoms with Crippen LogP contribution in [0.2, 0.25) is 0 Å². The van der Waals surface area contributed by atoms with Crippen LogP contribution in [-0.2, 0) is 4.79 Å². The van der Waals surface area contributed by atoms with Crippen LogP contribution in [0, 0.1) is 6.92 Å². The van der Waals surface area contributed by atoms with Crippen molar-refractivity contribution in [3.8, 4) is 0 Å². The molecule has 0 unspecified atom stereocenters. The molecule has 0 saturated heterocycles. The number of nitrogens with two attached hydrogens (primary N) is 2. The Labute approximate surface area is 169 Å². The highest BCUT2D eigenvalue weighted by Gasteiger charge is 2.15. The molecule has 152 valence electrons. The van der Waals surface area contributed by atoms with E-state index in [1.165, 1.54) is 18.3 Å². The molecule has 0 aliphatic carbocycles. The van der Waals surface area contributed by atoms with Gasteiger partial charge < -0.3 is 22.1 Å². The van der Waals surface area contributed by atoms with Crippen LogP contribution in [0.25, 0.3) is 0 Å². The number of anilines is 4. The third-order valence-electron chi connectivity index (χ3n) is 4.09. The van der Waals surface area contributed by atoms with Crippen LogP contribution in [0.4, 0.5) is 21.5 Å². The van der Waals surface area contributed by atoms with E-state index in [9.17, 15) is 9.59 Å². The molecule has 0 aliphatic heterocycles. The molecular weight excluding hydrogens is 376 g/mol. The summed E-state index contributed by atoms with van der Waals surface area (Å²) in [6, 6.07) is 5.26. The minimum atomic E-state index is -0.356. The number of hydrogen-bond acceptors (Lipinski definition) is 7. The number of thiazole rings is 1. The van der Waals surface area contributed by atoms with E-state index in [0.717, 1.165) is 44.5 Å². The highest BCUT2D eigenvalue weighted by molar-refractivity contribution is 7.19. The molecule has 1 aromatic carbocycles. The molecule has 0 bridgehead atoms. The normalized spacial score (nSPS) is 10.5. The van der Waals surface area contributed by atoms with Gasteiger partial charge in [-0.05, 0) is 44.5 Å². The molecule has 9 heteroatoms. The van der Waals surface area contributed by atoms with E-state index in [2.05, 4.69) is 20.9 Å². The summed E-state index contributed by atoms with van der Waals surface area (Å²) < 4.78 is 0. The average Bonchev–Trinajstić information content (AvgIpc) is 2.94. The molecular formula is C19H28N6O2S. The Morgan fingerprint density at radius 1 is 1.14 bits per heavy atom. The maximum Gasteiger partial charge on any atom is 0.259 e. The fraction of sp³-hybridized carbons (Fsp3) is 0.421. The van der Waals surface area contributed by atoms with Crippen LogP contribution in [0.3, 0.4) is 0 Å². The summed E-state index contributed by atoms with van der Waals surface area (Å²) in [4.78, 5) is 28.4. The maximum absolute atomic E-state index is 12.6. The second-order valence-corrected chi connectivity index (χ2v) is 7.52. The van der Waals surface area contributed by atoms with Gasteiger partial charge in [-0.3, -0.25) is 14.9 Å². The Morgan fingerprint density at radius 3 is 2.54 bits per heavy atom. The quantitative estimate of drug-likeness (QED) is 0.386. The molecule has 2 rings (SSSR count). The van der Waals surface area contributed by atoms with Crippen LogP contribution >= 0.6 is 11.3 Å². The van der Waals surface area contributed by atoms with Gasteiger partial charge in [0, 0.05) is 19.2 Å². The van der Waals surface area contributed by atoms with E-state index in [1.54, 1.807) is 19.1 Å². The SMILES string of the molecule is CC(=O)Nc1cc(NCCCCCCN)ccc1C(=O)Nc1nc(C)c(N)s1. The van der Waals surface area contributed by atoms with Gasteiger partial charge in [-0.15, -0.1) is 0 Å². The van der Waals surface area contributed by atoms with Crippen molar-refractivity contribution < 1.29 is 9.59 Å². The average molecular weight is 405 g/mol. The Hall–Kier alpha value is -2.65. The number of carbonyl (C=O) groups excluding carboxylic acids is 2. The van der Waals surface area contributed by atoms with Crippen molar-refractivity contribution in [1.29, 1.82) is 0 Å². The van der Waals surface area contributed by atoms with Crippen molar-refractivity contribution in [2.75, 3.05) is 34.8 Å². The highest BCUT2D eigenvalue weighted by atomic mass is 32.1. The van der Waals surface area contributed by atoms with Crippen molar-refractivity contribution in [3.05, 3.63) is 29.5 Å². The molecule has 0 atom stereocenters. The number of rotatable bonds is 10. The van der Waals surface area contributed by atoms with Crippen LogP contribution in [-0.4, -0.2) is 29.9 Å². The lowest BCUT2D eigenvalue weighted by molar-refractivity contribution is -0.114. The number of amides is 2. The lowest BCUT2D eigenvalue weighted by Crippen LogP contribution is -2.17. The minimum absolute atomic E-state index is 0.248. The number of aryl methyl sites for hydroxylation is 1. The second kappa shape index (κ2) is 10.6. The van der Waals surface area contributed by atoms with Crippen molar-refractivity contribution in [3.63, 3.8) is 0 Å².